The van der Waals surface area contributed by atoms with Crippen LogP contribution in [-0.4, -0.2) is 20.8 Å². The summed E-state index contributed by atoms with van der Waals surface area (Å²) < 4.78 is 1.49. The first-order valence-electron chi connectivity index (χ1n) is 6.31. The van der Waals surface area contributed by atoms with Crippen LogP contribution in [0, 0.1) is 0 Å². The molecule has 4 N–H and O–H groups in total. The fourth-order valence-corrected chi connectivity index (χ4v) is 2.40. The summed E-state index contributed by atoms with van der Waals surface area (Å²) in [7, 11) is 0. The number of anilines is 2. The van der Waals surface area contributed by atoms with E-state index in [-0.39, 0.29) is 10.8 Å². The average molecular weight is 358 g/mol. The largest absolute Gasteiger partial charge is 0.364 e. The van der Waals surface area contributed by atoms with Crippen molar-refractivity contribution in [3.8, 4) is 0 Å². The molecule has 9 heteroatoms. The lowest BCUT2D eigenvalue weighted by Crippen LogP contribution is -2.23. The molecule has 1 aromatic heterocycles. The Balaban J connectivity index is 2.17. The molecule has 0 aliphatic heterocycles. The molecular weight excluding hydrogens is 345 g/mol. The van der Waals surface area contributed by atoms with E-state index in [1.807, 2.05) is 6.92 Å². The number of rotatable bonds is 4. The van der Waals surface area contributed by atoms with Crippen LogP contribution < -0.4 is 16.4 Å². The third-order valence-electron chi connectivity index (χ3n) is 2.80. The summed E-state index contributed by atoms with van der Waals surface area (Å²) in [5.74, 6) is -0.592. The van der Waals surface area contributed by atoms with E-state index in [0.29, 0.717) is 28.0 Å². The van der Waals surface area contributed by atoms with Gasteiger partial charge in [-0.1, -0.05) is 23.2 Å². The van der Waals surface area contributed by atoms with Crippen molar-refractivity contribution < 1.29 is 4.79 Å². The molecule has 2 aromatic rings. The van der Waals surface area contributed by atoms with E-state index < -0.39 is 5.91 Å². The van der Waals surface area contributed by atoms with Crippen molar-refractivity contribution in [2.45, 2.75) is 13.5 Å². The van der Waals surface area contributed by atoms with E-state index in [0.717, 1.165) is 0 Å². The molecular formula is C13H13Cl2N5OS. The maximum atomic E-state index is 11.5. The molecule has 0 aliphatic carbocycles. The number of aryl methyl sites for hydroxylation is 1. The monoisotopic (exact) mass is 357 g/mol. The summed E-state index contributed by atoms with van der Waals surface area (Å²) in [5.41, 5.74) is 6.59. The molecule has 0 radical (unpaired) electrons. The van der Waals surface area contributed by atoms with Crippen molar-refractivity contribution in [1.82, 2.24) is 9.78 Å². The van der Waals surface area contributed by atoms with Gasteiger partial charge in [0.15, 0.2) is 5.11 Å². The highest BCUT2D eigenvalue weighted by Crippen LogP contribution is 2.25. The minimum Gasteiger partial charge on any atom is -0.364 e. The molecule has 1 amide bonds. The predicted molar refractivity (Wildman–Crippen MR) is 92.7 cm³/mol. The van der Waals surface area contributed by atoms with E-state index in [2.05, 4.69) is 15.7 Å². The van der Waals surface area contributed by atoms with Crippen LogP contribution in [0.2, 0.25) is 10.0 Å². The minimum atomic E-state index is -0.592. The standard InChI is InChI=1S/C13H13Cl2N5OS/c1-2-20-11(12(16)21)10(6-17-20)19-13(22)18-9-5-7(14)3-4-8(9)15/h3-6H,2H2,1H3,(H2,16,21)(H2,18,19,22). The zero-order chi connectivity index (χ0) is 16.3. The first kappa shape index (κ1) is 16.5. The average Bonchev–Trinajstić information content (AvgIpc) is 2.85. The highest BCUT2D eigenvalue weighted by Gasteiger charge is 2.16. The van der Waals surface area contributed by atoms with E-state index in [1.165, 1.54) is 10.9 Å². The van der Waals surface area contributed by atoms with Crippen molar-refractivity contribution in [1.29, 1.82) is 0 Å². The van der Waals surface area contributed by atoms with Crippen molar-refractivity contribution in [3.63, 3.8) is 0 Å². The Morgan fingerprint density at radius 3 is 2.68 bits per heavy atom. The quantitative estimate of drug-likeness (QED) is 0.732. The van der Waals surface area contributed by atoms with Gasteiger partial charge < -0.3 is 16.4 Å². The highest BCUT2D eigenvalue weighted by molar-refractivity contribution is 7.80. The topological polar surface area (TPSA) is 85.0 Å². The van der Waals surface area contributed by atoms with Gasteiger partial charge in [0.25, 0.3) is 5.91 Å². The van der Waals surface area contributed by atoms with Gasteiger partial charge in [-0.2, -0.15) is 5.10 Å². The lowest BCUT2D eigenvalue weighted by atomic mass is 10.3. The number of nitrogens with one attached hydrogen (secondary N) is 2. The van der Waals surface area contributed by atoms with Gasteiger partial charge in [-0.05, 0) is 37.3 Å². The fraction of sp³-hybridized carbons (Fsp3) is 0.154. The molecule has 0 saturated heterocycles. The van der Waals surface area contributed by atoms with Crippen molar-refractivity contribution in [2.75, 3.05) is 10.6 Å². The predicted octanol–water partition coefficient (Wildman–Crippen LogP) is 3.12. The zero-order valence-electron chi connectivity index (χ0n) is 11.6. The lowest BCUT2D eigenvalue weighted by molar-refractivity contribution is 0.0991. The summed E-state index contributed by atoms with van der Waals surface area (Å²) in [6, 6.07) is 4.96. The van der Waals surface area contributed by atoms with Gasteiger partial charge in [-0.3, -0.25) is 9.48 Å². The van der Waals surface area contributed by atoms with E-state index >= 15 is 0 Å². The number of primary amides is 1. The van der Waals surface area contributed by atoms with Crippen LogP contribution >= 0.6 is 35.4 Å². The maximum absolute atomic E-state index is 11.5. The maximum Gasteiger partial charge on any atom is 0.269 e. The van der Waals surface area contributed by atoms with E-state index in [1.54, 1.807) is 18.2 Å². The molecule has 1 heterocycles. The summed E-state index contributed by atoms with van der Waals surface area (Å²) in [4.78, 5) is 11.5. The second-order valence-electron chi connectivity index (χ2n) is 4.29. The van der Waals surface area contributed by atoms with Gasteiger partial charge in [-0.15, -0.1) is 0 Å². The number of carbonyl (C=O) groups excluding carboxylic acids is 1. The number of amides is 1. The molecule has 116 valence electrons. The molecule has 6 nitrogen and oxygen atoms in total. The Hall–Kier alpha value is -1.83. The smallest absolute Gasteiger partial charge is 0.269 e. The number of aromatic nitrogens is 2. The third-order valence-corrected chi connectivity index (χ3v) is 3.57. The van der Waals surface area contributed by atoms with Gasteiger partial charge in [-0.25, -0.2) is 0 Å². The number of thiocarbonyl (C=S) groups is 1. The molecule has 22 heavy (non-hydrogen) atoms. The normalized spacial score (nSPS) is 10.3. The Labute approximate surface area is 142 Å². The van der Waals surface area contributed by atoms with E-state index in [4.69, 9.17) is 41.2 Å². The summed E-state index contributed by atoms with van der Waals surface area (Å²) in [5, 5.41) is 11.1. The zero-order valence-corrected chi connectivity index (χ0v) is 13.9. The molecule has 0 atom stereocenters. The number of benzene rings is 1. The third kappa shape index (κ3) is 3.68. The summed E-state index contributed by atoms with van der Waals surface area (Å²) in [6.07, 6.45) is 1.48. The minimum absolute atomic E-state index is 0.238. The van der Waals surface area contributed by atoms with Crippen LogP contribution in [0.5, 0.6) is 0 Å². The van der Waals surface area contributed by atoms with Gasteiger partial charge >= 0.3 is 0 Å². The molecule has 2 rings (SSSR count). The van der Waals surface area contributed by atoms with E-state index in [9.17, 15) is 4.79 Å². The Morgan fingerprint density at radius 2 is 2.05 bits per heavy atom. The number of hydrogen-bond acceptors (Lipinski definition) is 3. The van der Waals surface area contributed by atoms with Crippen LogP contribution in [0.3, 0.4) is 0 Å². The van der Waals surface area contributed by atoms with Crippen molar-refractivity contribution >= 4 is 57.8 Å². The lowest BCUT2D eigenvalue weighted by Gasteiger charge is -2.12. The van der Waals surface area contributed by atoms with Gasteiger partial charge in [0.2, 0.25) is 0 Å². The highest BCUT2D eigenvalue weighted by atomic mass is 35.5. The Morgan fingerprint density at radius 1 is 1.36 bits per heavy atom. The van der Waals surface area contributed by atoms with Crippen LogP contribution in [0.1, 0.15) is 17.4 Å². The van der Waals surface area contributed by atoms with Crippen LogP contribution in [0.25, 0.3) is 0 Å². The van der Waals surface area contributed by atoms with Crippen LogP contribution in [0.15, 0.2) is 24.4 Å². The molecule has 0 saturated carbocycles. The number of nitrogens with zero attached hydrogens (tertiary/aromatic N) is 2. The molecule has 0 aliphatic rings. The summed E-state index contributed by atoms with van der Waals surface area (Å²) >= 11 is 17.2. The second-order valence-corrected chi connectivity index (χ2v) is 5.54. The molecule has 0 spiro atoms. The van der Waals surface area contributed by atoms with Crippen molar-refractivity contribution in [3.05, 3.63) is 40.1 Å². The van der Waals surface area contributed by atoms with Gasteiger partial charge in [0.05, 0.1) is 22.6 Å². The molecule has 0 fully saturated rings. The van der Waals surface area contributed by atoms with Crippen LogP contribution in [0.4, 0.5) is 11.4 Å². The van der Waals surface area contributed by atoms with Gasteiger partial charge in [0.1, 0.15) is 5.69 Å². The Bertz CT molecular complexity index is 731. The number of carbonyl (C=O) groups is 1. The molecule has 1 aromatic carbocycles. The molecule has 0 unspecified atom stereocenters. The first-order valence-corrected chi connectivity index (χ1v) is 7.47. The van der Waals surface area contributed by atoms with Crippen LogP contribution in [-0.2, 0) is 6.54 Å². The Kier molecular flexibility index (Phi) is 5.23. The summed E-state index contributed by atoms with van der Waals surface area (Å²) in [6.45, 7) is 2.37. The first-order chi connectivity index (χ1) is 10.4. The van der Waals surface area contributed by atoms with Gasteiger partial charge in [0, 0.05) is 11.6 Å². The number of nitrogens with two attached hydrogens (primary N) is 1. The number of hydrogen-bond donors (Lipinski definition) is 3. The second kappa shape index (κ2) is 6.95. The SMILES string of the molecule is CCn1ncc(NC(=S)Nc2cc(Cl)ccc2Cl)c1C(N)=O. The molecule has 0 bridgehead atoms. The number of halogens is 2. The fourth-order valence-electron chi connectivity index (χ4n) is 1.85. The van der Waals surface area contributed by atoms with Crippen molar-refractivity contribution in [2.24, 2.45) is 5.73 Å².